The van der Waals surface area contributed by atoms with E-state index in [9.17, 15) is 17.2 Å². The molecule has 0 saturated carbocycles. The monoisotopic (exact) mass is 302 g/mol. The van der Waals surface area contributed by atoms with Crippen molar-refractivity contribution in [1.29, 1.82) is 0 Å². The van der Waals surface area contributed by atoms with Gasteiger partial charge in [0.1, 0.15) is 23.8 Å². The first kappa shape index (κ1) is 14.5. The predicted molar refractivity (Wildman–Crippen MR) is 66.3 cm³/mol. The number of aromatic amines is 1. The van der Waals surface area contributed by atoms with Gasteiger partial charge < -0.3 is 0 Å². The summed E-state index contributed by atoms with van der Waals surface area (Å²) < 4.78 is 51.9. The molecule has 0 saturated heterocycles. The van der Waals surface area contributed by atoms with E-state index in [1.807, 2.05) is 0 Å². The zero-order valence-electron chi connectivity index (χ0n) is 10.3. The second-order valence-corrected chi connectivity index (χ2v) is 5.81. The summed E-state index contributed by atoms with van der Waals surface area (Å²) in [5.41, 5.74) is 0. The molecule has 1 aromatic carbocycles. The molecule has 0 aliphatic carbocycles. The first-order valence-corrected chi connectivity index (χ1v) is 7.26. The number of aryl methyl sites for hydroxylation is 1. The lowest BCUT2D eigenvalue weighted by Gasteiger charge is -2.06. The molecule has 2 N–H and O–H groups in total. The quantitative estimate of drug-likeness (QED) is 0.779. The van der Waals surface area contributed by atoms with Crippen molar-refractivity contribution in [2.75, 3.05) is 6.54 Å². The number of hydrogen-bond donors (Lipinski definition) is 2. The Balaban J connectivity index is 1.93. The summed E-state index contributed by atoms with van der Waals surface area (Å²) in [7, 11) is -3.92. The molecule has 20 heavy (non-hydrogen) atoms. The summed E-state index contributed by atoms with van der Waals surface area (Å²) in [4.78, 5) is 3.45. The van der Waals surface area contributed by atoms with Gasteiger partial charge in [0.05, 0.1) is 4.90 Å². The lowest BCUT2D eigenvalue weighted by Crippen LogP contribution is -2.25. The summed E-state index contributed by atoms with van der Waals surface area (Å²) in [6.45, 7) is 0.126. The van der Waals surface area contributed by atoms with Gasteiger partial charge in [-0.25, -0.2) is 26.9 Å². The Hall–Kier alpha value is -1.87. The van der Waals surface area contributed by atoms with Gasteiger partial charge in [-0.05, 0) is 18.6 Å². The molecule has 2 rings (SSSR count). The van der Waals surface area contributed by atoms with Crippen LogP contribution in [-0.2, 0) is 16.4 Å². The predicted octanol–water partition coefficient (Wildman–Crippen LogP) is 0.994. The van der Waals surface area contributed by atoms with E-state index in [2.05, 4.69) is 19.9 Å². The van der Waals surface area contributed by atoms with Crippen molar-refractivity contribution in [2.45, 2.75) is 17.7 Å². The summed E-state index contributed by atoms with van der Waals surface area (Å²) in [6.07, 6.45) is 2.35. The van der Waals surface area contributed by atoms with Crippen molar-refractivity contribution in [1.82, 2.24) is 19.9 Å². The maximum absolute atomic E-state index is 13.0. The molecule has 0 spiro atoms. The molecule has 0 amide bonds. The second-order valence-electron chi connectivity index (χ2n) is 4.04. The van der Waals surface area contributed by atoms with Crippen LogP contribution in [0, 0.1) is 11.6 Å². The Morgan fingerprint density at radius 2 is 1.90 bits per heavy atom. The molecule has 1 aromatic heterocycles. The van der Waals surface area contributed by atoms with Crippen LogP contribution in [0.15, 0.2) is 29.4 Å². The highest BCUT2D eigenvalue weighted by Gasteiger charge is 2.15. The highest BCUT2D eigenvalue weighted by Crippen LogP contribution is 2.13. The molecule has 6 nitrogen and oxygen atoms in total. The number of nitrogens with zero attached hydrogens (tertiary/aromatic N) is 2. The number of halogens is 2. The molecule has 108 valence electrons. The SMILES string of the molecule is O=S(=O)(NCCCc1ncn[nH]1)c1cc(F)cc(F)c1. The molecular formula is C11H12F2N4O2S. The van der Waals surface area contributed by atoms with Gasteiger partial charge >= 0.3 is 0 Å². The lowest BCUT2D eigenvalue weighted by molar-refractivity contribution is 0.560. The van der Waals surface area contributed by atoms with Crippen molar-refractivity contribution < 1.29 is 17.2 Å². The van der Waals surface area contributed by atoms with E-state index in [0.29, 0.717) is 24.7 Å². The first-order valence-electron chi connectivity index (χ1n) is 5.77. The first-order chi connectivity index (χ1) is 9.47. The molecule has 0 fully saturated rings. The summed E-state index contributed by atoms with van der Waals surface area (Å²) >= 11 is 0. The maximum atomic E-state index is 13.0. The number of benzene rings is 1. The highest BCUT2D eigenvalue weighted by atomic mass is 32.2. The van der Waals surface area contributed by atoms with Crippen molar-refractivity contribution in [2.24, 2.45) is 0 Å². The number of H-pyrrole nitrogens is 1. The number of sulfonamides is 1. The van der Waals surface area contributed by atoms with Crippen LogP contribution in [0.1, 0.15) is 12.2 Å². The fourth-order valence-corrected chi connectivity index (χ4v) is 2.70. The minimum Gasteiger partial charge on any atom is -0.263 e. The van der Waals surface area contributed by atoms with Crippen molar-refractivity contribution in [3.05, 3.63) is 42.0 Å². The fraction of sp³-hybridized carbons (Fsp3) is 0.273. The Bertz CT molecular complexity index is 653. The number of aromatic nitrogens is 3. The zero-order valence-corrected chi connectivity index (χ0v) is 11.1. The molecule has 9 heteroatoms. The van der Waals surface area contributed by atoms with Crippen LogP contribution in [0.5, 0.6) is 0 Å². The van der Waals surface area contributed by atoms with Gasteiger partial charge in [-0.15, -0.1) is 0 Å². The topological polar surface area (TPSA) is 87.7 Å². The van der Waals surface area contributed by atoms with Crippen molar-refractivity contribution in [3.63, 3.8) is 0 Å². The summed E-state index contributed by atoms with van der Waals surface area (Å²) in [5.74, 6) is -1.24. The molecular weight excluding hydrogens is 290 g/mol. The third kappa shape index (κ3) is 3.81. The lowest BCUT2D eigenvalue weighted by atomic mass is 10.3. The molecule has 0 aliphatic rings. The van der Waals surface area contributed by atoms with Crippen molar-refractivity contribution >= 4 is 10.0 Å². The third-order valence-corrected chi connectivity index (χ3v) is 3.93. The molecule has 2 aromatic rings. The van der Waals surface area contributed by atoms with Gasteiger partial charge in [-0.3, -0.25) is 5.10 Å². The van der Waals surface area contributed by atoms with E-state index in [1.54, 1.807) is 0 Å². The summed E-state index contributed by atoms with van der Waals surface area (Å²) in [6, 6.07) is 2.15. The molecule has 0 bridgehead atoms. The second kappa shape index (κ2) is 6.06. The normalized spacial score (nSPS) is 11.7. The van der Waals surface area contributed by atoms with Crippen LogP contribution in [0.2, 0.25) is 0 Å². The standard InChI is InChI=1S/C11H12F2N4O2S/c12-8-4-9(13)6-10(5-8)20(18,19)16-3-1-2-11-14-7-15-17-11/h4-7,16H,1-3H2,(H,14,15,17). The van der Waals surface area contributed by atoms with Gasteiger partial charge in [0, 0.05) is 19.0 Å². The minimum atomic E-state index is -3.92. The Morgan fingerprint density at radius 3 is 2.50 bits per heavy atom. The number of rotatable bonds is 6. The van der Waals surface area contributed by atoms with Gasteiger partial charge in [0.25, 0.3) is 0 Å². The fourth-order valence-electron chi connectivity index (χ4n) is 1.58. The smallest absolute Gasteiger partial charge is 0.240 e. The minimum absolute atomic E-state index is 0.126. The van der Waals surface area contributed by atoms with Crippen LogP contribution in [0.4, 0.5) is 8.78 Å². The van der Waals surface area contributed by atoms with Gasteiger partial charge in [0.15, 0.2) is 0 Å². The van der Waals surface area contributed by atoms with E-state index in [4.69, 9.17) is 0 Å². The number of nitrogens with one attached hydrogen (secondary N) is 2. The third-order valence-electron chi connectivity index (χ3n) is 2.49. The Morgan fingerprint density at radius 1 is 1.20 bits per heavy atom. The van der Waals surface area contributed by atoms with E-state index in [0.717, 1.165) is 12.1 Å². The molecule has 0 unspecified atom stereocenters. The van der Waals surface area contributed by atoms with E-state index < -0.39 is 26.6 Å². The average molecular weight is 302 g/mol. The Labute approximate surface area is 114 Å². The average Bonchev–Trinajstić information content (AvgIpc) is 2.86. The van der Waals surface area contributed by atoms with Crippen molar-refractivity contribution in [3.8, 4) is 0 Å². The Kier molecular flexibility index (Phi) is 4.40. The van der Waals surface area contributed by atoms with E-state index in [1.165, 1.54) is 6.33 Å². The van der Waals surface area contributed by atoms with Gasteiger partial charge in [-0.2, -0.15) is 5.10 Å². The van der Waals surface area contributed by atoms with Crippen LogP contribution < -0.4 is 4.72 Å². The maximum Gasteiger partial charge on any atom is 0.240 e. The van der Waals surface area contributed by atoms with Gasteiger partial charge in [-0.1, -0.05) is 0 Å². The largest absolute Gasteiger partial charge is 0.263 e. The van der Waals surface area contributed by atoms with Crippen LogP contribution >= 0.6 is 0 Å². The van der Waals surface area contributed by atoms with Gasteiger partial charge in [0.2, 0.25) is 10.0 Å². The zero-order chi connectivity index (χ0) is 14.6. The molecule has 0 aliphatic heterocycles. The van der Waals surface area contributed by atoms with Crippen LogP contribution in [-0.4, -0.2) is 30.1 Å². The van der Waals surface area contributed by atoms with E-state index in [-0.39, 0.29) is 6.54 Å². The molecule has 0 atom stereocenters. The van der Waals surface area contributed by atoms with Crippen LogP contribution in [0.25, 0.3) is 0 Å². The van der Waals surface area contributed by atoms with E-state index >= 15 is 0 Å². The van der Waals surface area contributed by atoms with Crippen LogP contribution in [0.3, 0.4) is 0 Å². The summed E-state index contributed by atoms with van der Waals surface area (Å²) in [5, 5.41) is 6.30. The number of hydrogen-bond acceptors (Lipinski definition) is 4. The molecule has 1 heterocycles. The highest BCUT2D eigenvalue weighted by molar-refractivity contribution is 7.89. The molecule has 0 radical (unpaired) electrons.